The van der Waals surface area contributed by atoms with Crippen LogP contribution >= 0.6 is 24.0 Å². The molecule has 0 N–H and O–H groups in total. The SMILES string of the molecule is CCOc1ccc(C=C2SC(=S)N(CCN3CCOCC3)C2=O)cc1. The van der Waals surface area contributed by atoms with Crippen molar-refractivity contribution in [3.05, 3.63) is 34.7 Å². The van der Waals surface area contributed by atoms with E-state index in [0.717, 1.165) is 44.2 Å². The molecule has 0 unspecified atom stereocenters. The molecule has 0 aliphatic carbocycles. The smallest absolute Gasteiger partial charge is 0.266 e. The van der Waals surface area contributed by atoms with Crippen LogP contribution in [0.3, 0.4) is 0 Å². The van der Waals surface area contributed by atoms with Crippen LogP contribution in [-0.4, -0.2) is 66.0 Å². The highest BCUT2D eigenvalue weighted by Gasteiger charge is 2.32. The van der Waals surface area contributed by atoms with Crippen molar-refractivity contribution in [1.29, 1.82) is 0 Å². The van der Waals surface area contributed by atoms with Crippen molar-refractivity contribution in [2.75, 3.05) is 46.0 Å². The number of nitrogens with zero attached hydrogens (tertiary/aromatic N) is 2. The molecule has 134 valence electrons. The van der Waals surface area contributed by atoms with Gasteiger partial charge in [0.05, 0.1) is 24.7 Å². The molecule has 0 atom stereocenters. The second-order valence-electron chi connectivity index (χ2n) is 5.79. The molecule has 2 fully saturated rings. The Bertz CT molecular complexity index is 655. The molecule has 1 aromatic carbocycles. The van der Waals surface area contributed by atoms with Crippen molar-refractivity contribution in [3.63, 3.8) is 0 Å². The van der Waals surface area contributed by atoms with E-state index < -0.39 is 0 Å². The number of hydrogen-bond acceptors (Lipinski definition) is 6. The van der Waals surface area contributed by atoms with Gasteiger partial charge in [-0.15, -0.1) is 0 Å². The summed E-state index contributed by atoms with van der Waals surface area (Å²) in [5.74, 6) is 0.829. The van der Waals surface area contributed by atoms with Crippen LogP contribution in [0.15, 0.2) is 29.2 Å². The summed E-state index contributed by atoms with van der Waals surface area (Å²) in [6.07, 6.45) is 1.89. The fraction of sp³-hybridized carbons (Fsp3) is 0.444. The number of carbonyl (C=O) groups is 1. The molecule has 0 saturated carbocycles. The molecule has 25 heavy (non-hydrogen) atoms. The van der Waals surface area contributed by atoms with Crippen molar-refractivity contribution < 1.29 is 14.3 Å². The average Bonchev–Trinajstić information content (AvgIpc) is 2.89. The number of ether oxygens (including phenoxy) is 2. The van der Waals surface area contributed by atoms with Crippen LogP contribution in [0.4, 0.5) is 0 Å². The van der Waals surface area contributed by atoms with Crippen LogP contribution in [0.1, 0.15) is 12.5 Å². The highest BCUT2D eigenvalue weighted by molar-refractivity contribution is 8.26. The number of benzene rings is 1. The molecule has 5 nitrogen and oxygen atoms in total. The van der Waals surface area contributed by atoms with Crippen molar-refractivity contribution in [2.24, 2.45) is 0 Å². The lowest BCUT2D eigenvalue weighted by atomic mass is 10.2. The third-order valence-electron chi connectivity index (χ3n) is 4.11. The zero-order valence-electron chi connectivity index (χ0n) is 14.3. The lowest BCUT2D eigenvalue weighted by Gasteiger charge is -2.28. The third-order valence-corrected chi connectivity index (χ3v) is 5.48. The Labute approximate surface area is 157 Å². The van der Waals surface area contributed by atoms with Crippen LogP contribution in [0.5, 0.6) is 5.75 Å². The lowest BCUT2D eigenvalue weighted by Crippen LogP contribution is -2.42. The summed E-state index contributed by atoms with van der Waals surface area (Å²) in [7, 11) is 0. The summed E-state index contributed by atoms with van der Waals surface area (Å²) < 4.78 is 11.4. The molecule has 0 aromatic heterocycles. The third kappa shape index (κ3) is 4.82. The molecule has 2 heterocycles. The van der Waals surface area contributed by atoms with Crippen molar-refractivity contribution in [3.8, 4) is 5.75 Å². The molecule has 0 bridgehead atoms. The van der Waals surface area contributed by atoms with E-state index in [0.29, 0.717) is 22.4 Å². The van der Waals surface area contributed by atoms with E-state index in [4.69, 9.17) is 21.7 Å². The lowest BCUT2D eigenvalue weighted by molar-refractivity contribution is -0.122. The normalized spacial score (nSPS) is 20.5. The van der Waals surface area contributed by atoms with E-state index in [-0.39, 0.29) is 5.91 Å². The Morgan fingerprint density at radius 2 is 1.96 bits per heavy atom. The van der Waals surface area contributed by atoms with Crippen molar-refractivity contribution in [2.45, 2.75) is 6.92 Å². The summed E-state index contributed by atoms with van der Waals surface area (Å²) in [4.78, 5) is 17.3. The second kappa shape index (κ2) is 8.80. The minimum Gasteiger partial charge on any atom is -0.494 e. The zero-order valence-corrected chi connectivity index (χ0v) is 15.9. The number of amides is 1. The minimum absolute atomic E-state index is 0.00264. The van der Waals surface area contributed by atoms with E-state index in [1.165, 1.54) is 11.8 Å². The molecule has 2 aliphatic heterocycles. The first-order valence-electron chi connectivity index (χ1n) is 8.45. The maximum atomic E-state index is 12.6. The number of carbonyl (C=O) groups excluding carboxylic acids is 1. The summed E-state index contributed by atoms with van der Waals surface area (Å²) in [6.45, 7) is 7.40. The van der Waals surface area contributed by atoms with Crippen molar-refractivity contribution in [1.82, 2.24) is 9.80 Å². The van der Waals surface area contributed by atoms with Gasteiger partial charge in [-0.2, -0.15) is 0 Å². The van der Waals surface area contributed by atoms with E-state index in [1.54, 1.807) is 4.90 Å². The maximum Gasteiger partial charge on any atom is 0.266 e. The summed E-state index contributed by atoms with van der Waals surface area (Å²) >= 11 is 6.77. The first-order chi connectivity index (χ1) is 12.2. The van der Waals surface area contributed by atoms with Crippen LogP contribution in [-0.2, 0) is 9.53 Å². The monoisotopic (exact) mass is 378 g/mol. The molecular formula is C18H22N2O3S2. The Balaban J connectivity index is 1.61. The Hall–Kier alpha value is -1.41. The summed E-state index contributed by atoms with van der Waals surface area (Å²) in [5, 5.41) is 0. The van der Waals surface area contributed by atoms with Gasteiger partial charge in [0, 0.05) is 26.2 Å². The highest BCUT2D eigenvalue weighted by atomic mass is 32.2. The molecule has 3 rings (SSSR count). The number of thioether (sulfide) groups is 1. The summed E-state index contributed by atoms with van der Waals surface area (Å²) in [6, 6.07) is 7.72. The Morgan fingerprint density at radius 1 is 1.24 bits per heavy atom. The van der Waals surface area contributed by atoms with Crippen LogP contribution < -0.4 is 4.74 Å². The zero-order chi connectivity index (χ0) is 17.6. The predicted molar refractivity (Wildman–Crippen MR) is 105 cm³/mol. The van der Waals surface area contributed by atoms with E-state index >= 15 is 0 Å². The first kappa shape index (κ1) is 18.4. The van der Waals surface area contributed by atoms with Crippen LogP contribution in [0, 0.1) is 0 Å². The topological polar surface area (TPSA) is 42.0 Å². The van der Waals surface area contributed by atoms with Gasteiger partial charge in [-0.25, -0.2) is 0 Å². The molecule has 1 amide bonds. The van der Waals surface area contributed by atoms with Gasteiger partial charge in [-0.05, 0) is 30.7 Å². The fourth-order valence-corrected chi connectivity index (χ4v) is 4.05. The van der Waals surface area contributed by atoms with Gasteiger partial charge in [-0.1, -0.05) is 36.1 Å². The van der Waals surface area contributed by atoms with Gasteiger partial charge in [-0.3, -0.25) is 14.6 Å². The van der Waals surface area contributed by atoms with Crippen LogP contribution in [0.2, 0.25) is 0 Å². The number of thiocarbonyl (C=S) groups is 1. The van der Waals surface area contributed by atoms with Gasteiger partial charge < -0.3 is 9.47 Å². The quantitative estimate of drug-likeness (QED) is 0.560. The number of morpholine rings is 1. The number of rotatable bonds is 6. The first-order valence-corrected chi connectivity index (χ1v) is 9.68. The summed E-state index contributed by atoms with van der Waals surface area (Å²) in [5.41, 5.74) is 0.970. The van der Waals surface area contributed by atoms with Crippen LogP contribution in [0.25, 0.3) is 6.08 Å². The van der Waals surface area contributed by atoms with Gasteiger partial charge in [0.2, 0.25) is 0 Å². The van der Waals surface area contributed by atoms with Gasteiger partial charge >= 0.3 is 0 Å². The maximum absolute atomic E-state index is 12.6. The molecule has 0 radical (unpaired) electrons. The number of hydrogen-bond donors (Lipinski definition) is 0. The van der Waals surface area contributed by atoms with Gasteiger partial charge in [0.15, 0.2) is 0 Å². The Morgan fingerprint density at radius 3 is 2.64 bits per heavy atom. The standard InChI is InChI=1S/C18H22N2O3S2/c1-2-23-15-5-3-14(4-6-15)13-16-17(21)20(18(24)25-16)8-7-19-9-11-22-12-10-19/h3-6,13H,2,7-12H2,1H3. The average molecular weight is 379 g/mol. The Kier molecular flexibility index (Phi) is 6.47. The molecule has 7 heteroatoms. The van der Waals surface area contributed by atoms with E-state index in [2.05, 4.69) is 4.90 Å². The molecular weight excluding hydrogens is 356 g/mol. The fourth-order valence-electron chi connectivity index (χ4n) is 2.74. The highest BCUT2D eigenvalue weighted by Crippen LogP contribution is 2.32. The van der Waals surface area contributed by atoms with Gasteiger partial charge in [0.1, 0.15) is 10.1 Å². The van der Waals surface area contributed by atoms with E-state index in [9.17, 15) is 4.79 Å². The minimum atomic E-state index is -0.00264. The second-order valence-corrected chi connectivity index (χ2v) is 7.47. The van der Waals surface area contributed by atoms with Gasteiger partial charge in [0.25, 0.3) is 5.91 Å². The molecule has 0 spiro atoms. The molecule has 2 saturated heterocycles. The molecule has 1 aromatic rings. The van der Waals surface area contributed by atoms with E-state index in [1.807, 2.05) is 37.3 Å². The predicted octanol–water partition coefficient (Wildman–Crippen LogP) is 2.62. The molecule has 2 aliphatic rings. The van der Waals surface area contributed by atoms with Crippen molar-refractivity contribution >= 4 is 40.3 Å². The largest absolute Gasteiger partial charge is 0.494 e.